The number of piperidine rings is 1. The summed E-state index contributed by atoms with van der Waals surface area (Å²) in [5, 5.41) is 0. The zero-order chi connectivity index (χ0) is 13.5. The molecular weight excluding hydrogens is 232 g/mol. The molecule has 0 spiro atoms. The molecule has 0 N–H and O–H groups in total. The van der Waals surface area contributed by atoms with E-state index in [-0.39, 0.29) is 12.2 Å². The molecule has 1 fully saturated rings. The average molecular weight is 256 g/mol. The van der Waals surface area contributed by atoms with E-state index in [2.05, 4.69) is 16.8 Å². The minimum Gasteiger partial charge on any atom is -0.466 e. The summed E-state index contributed by atoms with van der Waals surface area (Å²) in [4.78, 5) is 27.2. The van der Waals surface area contributed by atoms with Crippen molar-refractivity contribution in [1.82, 2.24) is 9.80 Å². The molecule has 0 aromatic carbocycles. The number of likely N-dealkylation sites (tertiary alicyclic amines) is 1. The normalized spacial score (nSPS) is 18.0. The lowest BCUT2D eigenvalue weighted by Crippen LogP contribution is -2.43. The second-order valence-corrected chi connectivity index (χ2v) is 4.97. The SMILES string of the molecule is CCOC(=O)CC(=O)CN(C)C1CCN(C)CC1. The highest BCUT2D eigenvalue weighted by molar-refractivity contribution is 5.96. The van der Waals surface area contributed by atoms with Crippen molar-refractivity contribution in [2.45, 2.75) is 32.2 Å². The Kier molecular flexibility index (Phi) is 6.29. The van der Waals surface area contributed by atoms with E-state index >= 15 is 0 Å². The Morgan fingerprint density at radius 1 is 1.33 bits per heavy atom. The molecule has 1 aliphatic heterocycles. The molecule has 0 aromatic heterocycles. The zero-order valence-corrected chi connectivity index (χ0v) is 11.6. The van der Waals surface area contributed by atoms with Gasteiger partial charge in [-0.2, -0.15) is 0 Å². The number of hydrogen-bond acceptors (Lipinski definition) is 5. The van der Waals surface area contributed by atoms with Gasteiger partial charge in [0.05, 0.1) is 13.2 Å². The number of hydrogen-bond donors (Lipinski definition) is 0. The van der Waals surface area contributed by atoms with Crippen LogP contribution in [0.1, 0.15) is 26.2 Å². The lowest BCUT2D eigenvalue weighted by Gasteiger charge is -2.34. The summed E-state index contributed by atoms with van der Waals surface area (Å²) in [6.45, 7) is 4.55. The molecule has 1 aliphatic rings. The molecule has 5 heteroatoms. The van der Waals surface area contributed by atoms with Gasteiger partial charge in [-0.25, -0.2) is 0 Å². The van der Waals surface area contributed by atoms with E-state index in [1.54, 1.807) is 6.92 Å². The van der Waals surface area contributed by atoms with E-state index in [1.807, 2.05) is 7.05 Å². The van der Waals surface area contributed by atoms with Crippen molar-refractivity contribution in [3.8, 4) is 0 Å². The van der Waals surface area contributed by atoms with E-state index in [9.17, 15) is 9.59 Å². The molecule has 1 saturated heterocycles. The number of likely N-dealkylation sites (N-methyl/N-ethyl adjacent to an activating group) is 1. The highest BCUT2D eigenvalue weighted by Gasteiger charge is 2.22. The number of nitrogens with zero attached hydrogens (tertiary/aromatic N) is 2. The number of ketones is 1. The van der Waals surface area contributed by atoms with Crippen LogP contribution in [0.4, 0.5) is 0 Å². The van der Waals surface area contributed by atoms with Crippen molar-refractivity contribution in [2.24, 2.45) is 0 Å². The fourth-order valence-corrected chi connectivity index (χ4v) is 2.27. The summed E-state index contributed by atoms with van der Waals surface area (Å²) in [6, 6.07) is 0.451. The van der Waals surface area contributed by atoms with E-state index in [0.29, 0.717) is 19.2 Å². The van der Waals surface area contributed by atoms with Gasteiger partial charge in [0.25, 0.3) is 0 Å². The van der Waals surface area contributed by atoms with Gasteiger partial charge in [0.1, 0.15) is 6.42 Å². The van der Waals surface area contributed by atoms with Crippen molar-refractivity contribution in [3.05, 3.63) is 0 Å². The lowest BCUT2D eigenvalue weighted by molar-refractivity contribution is -0.145. The van der Waals surface area contributed by atoms with Crippen LogP contribution in [0.2, 0.25) is 0 Å². The van der Waals surface area contributed by atoms with Crippen LogP contribution in [-0.4, -0.2) is 67.9 Å². The number of rotatable bonds is 6. The van der Waals surface area contributed by atoms with E-state index < -0.39 is 5.97 Å². The minimum absolute atomic E-state index is 0.0603. The largest absolute Gasteiger partial charge is 0.466 e. The first-order chi connectivity index (χ1) is 8.52. The maximum Gasteiger partial charge on any atom is 0.313 e. The van der Waals surface area contributed by atoms with Gasteiger partial charge in [0.2, 0.25) is 0 Å². The molecule has 0 aliphatic carbocycles. The summed E-state index contributed by atoms with van der Waals surface area (Å²) in [5.41, 5.74) is 0. The number of Topliss-reactive ketones (excluding diaryl/α,β-unsaturated/α-hetero) is 1. The second kappa shape index (κ2) is 7.48. The molecular formula is C13H24N2O3. The van der Waals surface area contributed by atoms with Crippen LogP contribution >= 0.6 is 0 Å². The van der Waals surface area contributed by atoms with Crippen molar-refractivity contribution in [1.29, 1.82) is 0 Å². The van der Waals surface area contributed by atoms with Crippen LogP contribution in [0.25, 0.3) is 0 Å². The van der Waals surface area contributed by atoms with Crippen molar-refractivity contribution in [3.63, 3.8) is 0 Å². The Hall–Kier alpha value is -0.940. The molecule has 0 bridgehead atoms. The van der Waals surface area contributed by atoms with Gasteiger partial charge in [-0.05, 0) is 47.0 Å². The molecule has 0 aromatic rings. The quantitative estimate of drug-likeness (QED) is 0.513. The van der Waals surface area contributed by atoms with Crippen molar-refractivity contribution < 1.29 is 14.3 Å². The predicted molar refractivity (Wildman–Crippen MR) is 69.4 cm³/mol. The first-order valence-electron chi connectivity index (χ1n) is 6.59. The number of esters is 1. The first kappa shape index (κ1) is 15.1. The fraction of sp³-hybridized carbons (Fsp3) is 0.846. The highest BCUT2D eigenvalue weighted by atomic mass is 16.5. The van der Waals surface area contributed by atoms with Crippen LogP contribution in [0.5, 0.6) is 0 Å². The van der Waals surface area contributed by atoms with Gasteiger partial charge < -0.3 is 9.64 Å². The Bertz CT molecular complexity index is 286. The van der Waals surface area contributed by atoms with Crippen LogP contribution in [0.3, 0.4) is 0 Å². The molecule has 0 radical (unpaired) electrons. The topological polar surface area (TPSA) is 49.9 Å². The van der Waals surface area contributed by atoms with Crippen LogP contribution in [0, 0.1) is 0 Å². The number of carbonyl (C=O) groups is 2. The van der Waals surface area contributed by atoms with E-state index in [4.69, 9.17) is 4.74 Å². The van der Waals surface area contributed by atoms with Gasteiger partial charge in [-0.3, -0.25) is 14.5 Å². The standard InChI is InChI=1S/C13H24N2O3/c1-4-18-13(17)9-12(16)10-15(3)11-5-7-14(2)8-6-11/h11H,4-10H2,1-3H3. The van der Waals surface area contributed by atoms with Gasteiger partial charge in [0, 0.05) is 6.04 Å². The van der Waals surface area contributed by atoms with E-state index in [1.165, 1.54) is 0 Å². The molecule has 0 unspecified atom stereocenters. The molecule has 104 valence electrons. The van der Waals surface area contributed by atoms with Crippen molar-refractivity contribution >= 4 is 11.8 Å². The summed E-state index contributed by atoms with van der Waals surface area (Å²) >= 11 is 0. The predicted octanol–water partition coefficient (Wildman–Crippen LogP) is 0.535. The highest BCUT2D eigenvalue weighted by Crippen LogP contribution is 2.13. The Morgan fingerprint density at radius 3 is 2.50 bits per heavy atom. The third-order valence-electron chi connectivity index (χ3n) is 3.38. The second-order valence-electron chi connectivity index (χ2n) is 4.97. The Labute approximate surface area is 109 Å². The van der Waals surface area contributed by atoms with Crippen molar-refractivity contribution in [2.75, 3.05) is 40.3 Å². The van der Waals surface area contributed by atoms with Gasteiger partial charge in [0.15, 0.2) is 5.78 Å². The maximum absolute atomic E-state index is 11.7. The number of ether oxygens (including phenoxy) is 1. The molecule has 0 amide bonds. The molecule has 18 heavy (non-hydrogen) atoms. The fourth-order valence-electron chi connectivity index (χ4n) is 2.27. The van der Waals surface area contributed by atoms with Gasteiger partial charge in [-0.1, -0.05) is 0 Å². The Morgan fingerprint density at radius 2 is 1.94 bits per heavy atom. The minimum atomic E-state index is -0.417. The third kappa shape index (κ3) is 5.14. The summed E-state index contributed by atoms with van der Waals surface area (Å²) in [6.07, 6.45) is 2.06. The van der Waals surface area contributed by atoms with Gasteiger partial charge >= 0.3 is 5.97 Å². The molecule has 5 nitrogen and oxygen atoms in total. The van der Waals surface area contributed by atoms with Crippen LogP contribution < -0.4 is 0 Å². The monoisotopic (exact) mass is 256 g/mol. The smallest absolute Gasteiger partial charge is 0.313 e. The Balaban J connectivity index is 2.28. The molecule has 0 saturated carbocycles. The third-order valence-corrected chi connectivity index (χ3v) is 3.38. The summed E-state index contributed by atoms with van der Waals surface area (Å²) < 4.78 is 4.77. The first-order valence-corrected chi connectivity index (χ1v) is 6.59. The lowest BCUT2D eigenvalue weighted by atomic mass is 10.0. The molecule has 1 rings (SSSR count). The summed E-state index contributed by atoms with van der Waals surface area (Å²) in [5.74, 6) is -0.478. The van der Waals surface area contributed by atoms with Crippen LogP contribution in [-0.2, 0) is 14.3 Å². The molecule has 1 heterocycles. The van der Waals surface area contributed by atoms with E-state index in [0.717, 1.165) is 25.9 Å². The maximum atomic E-state index is 11.7. The summed E-state index contributed by atoms with van der Waals surface area (Å²) in [7, 11) is 4.07. The average Bonchev–Trinajstić information content (AvgIpc) is 2.29. The van der Waals surface area contributed by atoms with Crippen LogP contribution in [0.15, 0.2) is 0 Å². The molecule has 0 atom stereocenters. The number of carbonyl (C=O) groups excluding carboxylic acids is 2. The zero-order valence-electron chi connectivity index (χ0n) is 11.6. The van der Waals surface area contributed by atoms with Gasteiger partial charge in [-0.15, -0.1) is 0 Å².